The Morgan fingerprint density at radius 1 is 1.18 bits per heavy atom. The molecule has 0 fully saturated rings. The maximum Gasteiger partial charge on any atom is 0.268 e. The van der Waals surface area contributed by atoms with Crippen molar-refractivity contribution in [2.24, 2.45) is 5.41 Å². The summed E-state index contributed by atoms with van der Waals surface area (Å²) in [7, 11) is 0. The van der Waals surface area contributed by atoms with Gasteiger partial charge >= 0.3 is 0 Å². The lowest BCUT2D eigenvalue weighted by atomic mass is 9.75. The lowest BCUT2D eigenvalue weighted by Gasteiger charge is -2.32. The van der Waals surface area contributed by atoms with Gasteiger partial charge in [-0.3, -0.25) is 19.0 Å². The van der Waals surface area contributed by atoms with Crippen LogP contribution in [0.5, 0.6) is 0 Å². The highest BCUT2D eigenvalue weighted by molar-refractivity contribution is 6.30. The van der Waals surface area contributed by atoms with Gasteiger partial charge < -0.3 is 5.32 Å². The molecular weight excluding hydrogens is 376 g/mol. The number of nitrogens with one attached hydrogen (secondary N) is 1. The maximum atomic E-state index is 13.3. The molecule has 0 saturated heterocycles. The Kier molecular flexibility index (Phi) is 5.75. The number of halogens is 1. The fourth-order valence-electron chi connectivity index (χ4n) is 3.61. The number of carbonyl (C=O) groups is 2. The van der Waals surface area contributed by atoms with Crippen LogP contribution in [0, 0.1) is 5.41 Å². The molecule has 0 atom stereocenters. The minimum absolute atomic E-state index is 0.00198. The summed E-state index contributed by atoms with van der Waals surface area (Å²) in [5.74, 6) is -0.488. The minimum Gasteiger partial charge on any atom is -0.352 e. The first kappa shape index (κ1) is 20.3. The molecule has 5 nitrogen and oxygen atoms in total. The Morgan fingerprint density at radius 3 is 2.50 bits per heavy atom. The average molecular weight is 401 g/mol. The smallest absolute Gasteiger partial charge is 0.268 e. The van der Waals surface area contributed by atoms with E-state index in [1.54, 1.807) is 24.3 Å². The zero-order valence-corrected chi connectivity index (χ0v) is 17.2. The van der Waals surface area contributed by atoms with Crippen molar-refractivity contribution >= 4 is 23.3 Å². The first-order chi connectivity index (χ1) is 13.2. The Morgan fingerprint density at radius 2 is 1.86 bits per heavy atom. The average Bonchev–Trinajstić information content (AvgIpc) is 2.62. The summed E-state index contributed by atoms with van der Waals surface area (Å²) in [5.41, 5.74) is 1.03. The number of nitrogens with zero attached hydrogens (tertiary/aromatic N) is 1. The summed E-state index contributed by atoms with van der Waals surface area (Å²) in [4.78, 5) is 38.7. The van der Waals surface area contributed by atoms with E-state index in [0.717, 1.165) is 12.8 Å². The van der Waals surface area contributed by atoms with Gasteiger partial charge in [0.05, 0.1) is 0 Å². The molecule has 0 bridgehead atoms. The van der Waals surface area contributed by atoms with Gasteiger partial charge in [0.15, 0.2) is 5.78 Å². The molecule has 1 aromatic carbocycles. The number of fused-ring (bicyclic) bond motifs is 1. The van der Waals surface area contributed by atoms with Crippen LogP contribution in [-0.4, -0.2) is 22.8 Å². The Hall–Kier alpha value is -2.40. The van der Waals surface area contributed by atoms with Gasteiger partial charge in [0.25, 0.3) is 11.5 Å². The number of carbonyl (C=O) groups excluding carboxylic acids is 2. The Labute approximate surface area is 169 Å². The molecule has 1 aliphatic carbocycles. The van der Waals surface area contributed by atoms with E-state index in [0.29, 0.717) is 41.4 Å². The summed E-state index contributed by atoms with van der Waals surface area (Å²) in [5, 5.41) is 3.33. The monoisotopic (exact) mass is 400 g/mol. The van der Waals surface area contributed by atoms with Crippen LogP contribution in [0.15, 0.2) is 35.1 Å². The van der Waals surface area contributed by atoms with Crippen LogP contribution in [-0.2, 0) is 6.42 Å². The van der Waals surface area contributed by atoms with Crippen LogP contribution in [0.25, 0.3) is 5.69 Å². The van der Waals surface area contributed by atoms with Crippen molar-refractivity contribution in [2.75, 3.05) is 6.54 Å². The number of pyridine rings is 1. The maximum absolute atomic E-state index is 13.3. The number of unbranched alkanes of at least 4 members (excludes halogenated alkanes) is 1. The van der Waals surface area contributed by atoms with E-state index in [1.807, 2.05) is 20.8 Å². The molecule has 1 aromatic heterocycles. The number of Topliss-reactive ketones (excluding diaryl/α,β-unsaturated/α-hetero) is 1. The molecule has 0 unspecified atom stereocenters. The quantitative estimate of drug-likeness (QED) is 0.765. The summed E-state index contributed by atoms with van der Waals surface area (Å²) in [6.07, 6.45) is 2.72. The van der Waals surface area contributed by atoms with Gasteiger partial charge in [-0.1, -0.05) is 38.8 Å². The summed E-state index contributed by atoms with van der Waals surface area (Å²) < 4.78 is 1.50. The van der Waals surface area contributed by atoms with E-state index in [1.165, 1.54) is 10.6 Å². The van der Waals surface area contributed by atoms with Crippen molar-refractivity contribution in [3.8, 4) is 5.69 Å². The highest BCUT2D eigenvalue weighted by Gasteiger charge is 2.35. The second-order valence-electron chi connectivity index (χ2n) is 8.09. The van der Waals surface area contributed by atoms with Gasteiger partial charge in [-0.15, -0.1) is 0 Å². The van der Waals surface area contributed by atoms with E-state index >= 15 is 0 Å². The molecule has 3 rings (SSSR count). The third-order valence-corrected chi connectivity index (χ3v) is 5.29. The number of ketones is 1. The van der Waals surface area contributed by atoms with E-state index in [9.17, 15) is 14.4 Å². The standard InChI is InChI=1S/C22H25ClN2O3/c1-4-5-10-24-20(27)17-11-16-18(12-22(2,3)13-19(16)26)25(21(17)28)15-8-6-14(23)7-9-15/h6-9,11H,4-5,10,12-13H2,1-3H3,(H,24,27). The van der Waals surface area contributed by atoms with Crippen molar-refractivity contribution in [3.05, 3.63) is 62.5 Å². The molecule has 1 amide bonds. The van der Waals surface area contributed by atoms with E-state index in [4.69, 9.17) is 11.6 Å². The second-order valence-corrected chi connectivity index (χ2v) is 8.52. The molecule has 0 spiro atoms. The highest BCUT2D eigenvalue weighted by atomic mass is 35.5. The highest BCUT2D eigenvalue weighted by Crippen LogP contribution is 2.35. The molecule has 2 aromatic rings. The van der Waals surface area contributed by atoms with E-state index in [2.05, 4.69) is 5.32 Å². The molecule has 1 N–H and O–H groups in total. The molecule has 1 aliphatic rings. The SMILES string of the molecule is CCCCNC(=O)c1cc2c(n(-c3ccc(Cl)cc3)c1=O)CC(C)(C)CC2=O. The zero-order chi connectivity index (χ0) is 20.5. The molecule has 28 heavy (non-hydrogen) atoms. The van der Waals surface area contributed by atoms with Crippen molar-refractivity contribution < 1.29 is 9.59 Å². The van der Waals surface area contributed by atoms with Crippen LogP contribution in [0.2, 0.25) is 5.02 Å². The number of rotatable bonds is 5. The van der Waals surface area contributed by atoms with Crippen molar-refractivity contribution in [2.45, 2.75) is 46.5 Å². The van der Waals surface area contributed by atoms with Crippen LogP contribution in [0.1, 0.15) is 66.4 Å². The molecule has 1 heterocycles. The molecule has 0 saturated carbocycles. The molecular formula is C22H25ClN2O3. The van der Waals surface area contributed by atoms with Gasteiger partial charge in [0, 0.05) is 34.9 Å². The van der Waals surface area contributed by atoms with Crippen molar-refractivity contribution in [3.63, 3.8) is 0 Å². The number of amides is 1. The molecule has 148 valence electrons. The zero-order valence-electron chi connectivity index (χ0n) is 16.5. The fraction of sp³-hybridized carbons (Fsp3) is 0.409. The van der Waals surface area contributed by atoms with E-state index in [-0.39, 0.29) is 16.8 Å². The van der Waals surface area contributed by atoms with Crippen LogP contribution < -0.4 is 10.9 Å². The molecule has 0 aliphatic heterocycles. The minimum atomic E-state index is -0.443. The fourth-order valence-corrected chi connectivity index (χ4v) is 3.74. The normalized spacial score (nSPS) is 15.2. The van der Waals surface area contributed by atoms with Crippen LogP contribution in [0.3, 0.4) is 0 Å². The lowest BCUT2D eigenvalue weighted by molar-refractivity contribution is 0.0908. The van der Waals surface area contributed by atoms with Gasteiger partial charge in [0.2, 0.25) is 0 Å². The third-order valence-electron chi connectivity index (χ3n) is 5.03. The van der Waals surface area contributed by atoms with Crippen LogP contribution in [0.4, 0.5) is 0 Å². The second kappa shape index (κ2) is 7.92. The summed E-state index contributed by atoms with van der Waals surface area (Å²) in [6.45, 7) is 6.54. The molecule has 6 heteroatoms. The predicted molar refractivity (Wildman–Crippen MR) is 111 cm³/mol. The third kappa shape index (κ3) is 4.04. The van der Waals surface area contributed by atoms with E-state index < -0.39 is 11.5 Å². The largest absolute Gasteiger partial charge is 0.352 e. The van der Waals surface area contributed by atoms with Gasteiger partial charge in [-0.2, -0.15) is 0 Å². The van der Waals surface area contributed by atoms with Crippen LogP contribution >= 0.6 is 11.6 Å². The Balaban J connectivity index is 2.20. The number of aromatic nitrogens is 1. The summed E-state index contributed by atoms with van der Waals surface area (Å²) in [6, 6.07) is 8.33. The summed E-state index contributed by atoms with van der Waals surface area (Å²) >= 11 is 6.00. The lowest BCUT2D eigenvalue weighted by Crippen LogP contribution is -2.39. The molecule has 0 radical (unpaired) electrons. The van der Waals surface area contributed by atoms with Crippen molar-refractivity contribution in [1.82, 2.24) is 9.88 Å². The van der Waals surface area contributed by atoms with Crippen molar-refractivity contribution in [1.29, 1.82) is 0 Å². The first-order valence-corrected chi connectivity index (χ1v) is 9.97. The van der Waals surface area contributed by atoms with Gasteiger partial charge in [-0.05, 0) is 48.6 Å². The van der Waals surface area contributed by atoms with Gasteiger partial charge in [0.1, 0.15) is 5.56 Å². The predicted octanol–water partition coefficient (Wildman–Crippen LogP) is 4.18. The first-order valence-electron chi connectivity index (χ1n) is 9.60. The topological polar surface area (TPSA) is 68.2 Å². The number of hydrogen-bond acceptors (Lipinski definition) is 3. The Bertz CT molecular complexity index is 975. The number of benzene rings is 1. The van der Waals surface area contributed by atoms with Gasteiger partial charge in [-0.25, -0.2) is 0 Å². The number of hydrogen-bond donors (Lipinski definition) is 1.